The maximum atomic E-state index is 12.5. The zero-order valence-electron chi connectivity index (χ0n) is 15.2. The number of hydrogen-bond donors (Lipinski definition) is 1. The van der Waals surface area contributed by atoms with Crippen LogP contribution in [0, 0.1) is 13.8 Å². The van der Waals surface area contributed by atoms with Crippen molar-refractivity contribution in [3.05, 3.63) is 77.5 Å². The van der Waals surface area contributed by atoms with Crippen LogP contribution >= 0.6 is 11.3 Å². The molecule has 2 heterocycles. The van der Waals surface area contributed by atoms with E-state index in [4.69, 9.17) is 0 Å². The molecule has 2 aromatic carbocycles. The molecule has 4 aromatic rings. The molecule has 4 rings (SSSR count). The first-order valence-electron chi connectivity index (χ1n) is 8.77. The van der Waals surface area contributed by atoms with Crippen LogP contribution in [0.5, 0.6) is 0 Å². The molecular formula is C22H19N3OS. The van der Waals surface area contributed by atoms with Crippen LogP contribution in [0.25, 0.3) is 20.9 Å². The summed E-state index contributed by atoms with van der Waals surface area (Å²) in [6.07, 6.45) is 2.14. The molecule has 0 radical (unpaired) electrons. The molecule has 1 amide bonds. The minimum absolute atomic E-state index is 0.0180. The SMILES string of the molecule is Cc1ccccc1CC(=O)Nc1cc(-c2nc3cccnc3s2)ccc1C. The van der Waals surface area contributed by atoms with Crippen molar-refractivity contribution >= 4 is 33.3 Å². The lowest BCUT2D eigenvalue weighted by molar-refractivity contribution is -0.115. The summed E-state index contributed by atoms with van der Waals surface area (Å²) in [7, 11) is 0. The summed E-state index contributed by atoms with van der Waals surface area (Å²) in [5.41, 5.74) is 5.88. The standard InChI is InChI=1S/C22H19N3OS/c1-14-6-3-4-7-16(14)13-20(26)24-19-12-17(10-9-15(19)2)21-25-18-8-5-11-23-22(18)27-21/h3-12H,13H2,1-2H3,(H,24,26). The van der Waals surface area contributed by atoms with Crippen LogP contribution in [0.1, 0.15) is 16.7 Å². The molecule has 0 unspecified atom stereocenters. The molecule has 0 aliphatic rings. The Morgan fingerprint density at radius 2 is 1.89 bits per heavy atom. The van der Waals surface area contributed by atoms with Gasteiger partial charge in [0.1, 0.15) is 15.4 Å². The highest BCUT2D eigenvalue weighted by molar-refractivity contribution is 7.21. The van der Waals surface area contributed by atoms with E-state index < -0.39 is 0 Å². The number of carbonyl (C=O) groups excluding carboxylic acids is 1. The minimum atomic E-state index is -0.0180. The monoisotopic (exact) mass is 373 g/mol. The summed E-state index contributed by atoms with van der Waals surface area (Å²) in [5.74, 6) is -0.0180. The Bertz CT molecular complexity index is 1100. The van der Waals surface area contributed by atoms with E-state index in [2.05, 4.69) is 15.3 Å². The lowest BCUT2D eigenvalue weighted by Gasteiger charge is -2.11. The van der Waals surface area contributed by atoms with E-state index in [1.54, 1.807) is 17.5 Å². The normalized spacial score (nSPS) is 10.9. The average molecular weight is 373 g/mol. The first-order chi connectivity index (χ1) is 13.1. The Balaban J connectivity index is 1.59. The number of benzene rings is 2. The van der Waals surface area contributed by atoms with Gasteiger partial charge in [-0.3, -0.25) is 4.79 Å². The average Bonchev–Trinajstić information content (AvgIpc) is 3.09. The molecule has 134 valence electrons. The quantitative estimate of drug-likeness (QED) is 0.538. The van der Waals surface area contributed by atoms with E-state index in [1.807, 2.05) is 68.4 Å². The Labute approximate surface area is 161 Å². The molecular weight excluding hydrogens is 354 g/mol. The van der Waals surface area contributed by atoms with Gasteiger partial charge in [-0.15, -0.1) is 0 Å². The van der Waals surface area contributed by atoms with Gasteiger partial charge < -0.3 is 5.32 Å². The molecule has 0 fully saturated rings. The molecule has 5 heteroatoms. The number of amides is 1. The third-order valence-corrected chi connectivity index (χ3v) is 5.57. The van der Waals surface area contributed by atoms with Crippen molar-refractivity contribution in [3.8, 4) is 10.6 Å². The van der Waals surface area contributed by atoms with Crippen LogP contribution in [-0.4, -0.2) is 15.9 Å². The second-order valence-corrected chi connectivity index (χ2v) is 7.51. The van der Waals surface area contributed by atoms with Gasteiger partial charge in [0.25, 0.3) is 0 Å². The van der Waals surface area contributed by atoms with Crippen LogP contribution < -0.4 is 5.32 Å². The van der Waals surface area contributed by atoms with Crippen LogP contribution in [0.15, 0.2) is 60.8 Å². The maximum absolute atomic E-state index is 12.5. The molecule has 2 aromatic heterocycles. The molecule has 0 aliphatic carbocycles. The number of rotatable bonds is 4. The fourth-order valence-corrected chi connectivity index (χ4v) is 3.86. The fraction of sp³-hybridized carbons (Fsp3) is 0.136. The Kier molecular flexibility index (Phi) is 4.69. The molecule has 4 nitrogen and oxygen atoms in total. The number of anilines is 1. The topological polar surface area (TPSA) is 54.9 Å². The summed E-state index contributed by atoms with van der Waals surface area (Å²) in [4.78, 5) is 22.5. The first kappa shape index (κ1) is 17.4. The van der Waals surface area contributed by atoms with Gasteiger partial charge >= 0.3 is 0 Å². The molecule has 0 saturated heterocycles. The van der Waals surface area contributed by atoms with Crippen LogP contribution in [0.2, 0.25) is 0 Å². The van der Waals surface area contributed by atoms with E-state index in [0.29, 0.717) is 6.42 Å². The summed E-state index contributed by atoms with van der Waals surface area (Å²) in [5, 5.41) is 3.95. The molecule has 0 bridgehead atoms. The molecule has 0 spiro atoms. The fourth-order valence-electron chi connectivity index (χ4n) is 2.96. The number of carbonyl (C=O) groups is 1. The minimum Gasteiger partial charge on any atom is -0.326 e. The van der Waals surface area contributed by atoms with Gasteiger partial charge in [0.2, 0.25) is 5.91 Å². The first-order valence-corrected chi connectivity index (χ1v) is 9.59. The van der Waals surface area contributed by atoms with Gasteiger partial charge in [0.15, 0.2) is 0 Å². The number of aromatic nitrogens is 2. The van der Waals surface area contributed by atoms with Gasteiger partial charge in [-0.2, -0.15) is 0 Å². The Morgan fingerprint density at radius 1 is 1.04 bits per heavy atom. The third-order valence-electron chi connectivity index (χ3n) is 4.54. The number of hydrogen-bond acceptors (Lipinski definition) is 4. The summed E-state index contributed by atoms with van der Waals surface area (Å²) in [6, 6.07) is 17.8. The highest BCUT2D eigenvalue weighted by atomic mass is 32.1. The predicted octanol–water partition coefficient (Wildman–Crippen LogP) is 5.16. The van der Waals surface area contributed by atoms with Crippen LogP contribution in [-0.2, 0) is 11.2 Å². The zero-order valence-corrected chi connectivity index (χ0v) is 16.0. The number of nitrogens with zero attached hydrogens (tertiary/aromatic N) is 2. The van der Waals surface area contributed by atoms with Crippen molar-refractivity contribution in [2.24, 2.45) is 0 Å². The summed E-state index contributed by atoms with van der Waals surface area (Å²) < 4.78 is 0. The molecule has 27 heavy (non-hydrogen) atoms. The number of pyridine rings is 1. The van der Waals surface area contributed by atoms with Crippen molar-refractivity contribution in [2.45, 2.75) is 20.3 Å². The number of fused-ring (bicyclic) bond motifs is 1. The molecule has 1 N–H and O–H groups in total. The highest BCUT2D eigenvalue weighted by Crippen LogP contribution is 2.31. The van der Waals surface area contributed by atoms with Gasteiger partial charge in [0, 0.05) is 17.4 Å². The van der Waals surface area contributed by atoms with E-state index in [1.165, 1.54) is 0 Å². The van der Waals surface area contributed by atoms with Gasteiger partial charge in [-0.1, -0.05) is 47.7 Å². The third kappa shape index (κ3) is 3.73. The smallest absolute Gasteiger partial charge is 0.228 e. The Morgan fingerprint density at radius 3 is 2.70 bits per heavy atom. The maximum Gasteiger partial charge on any atom is 0.228 e. The van der Waals surface area contributed by atoms with Crippen LogP contribution in [0.4, 0.5) is 5.69 Å². The van der Waals surface area contributed by atoms with Crippen molar-refractivity contribution in [1.29, 1.82) is 0 Å². The Hall–Kier alpha value is -3.05. The lowest BCUT2D eigenvalue weighted by Crippen LogP contribution is -2.15. The second kappa shape index (κ2) is 7.29. The van der Waals surface area contributed by atoms with Crippen molar-refractivity contribution in [1.82, 2.24) is 9.97 Å². The molecule has 0 atom stereocenters. The van der Waals surface area contributed by atoms with Crippen molar-refractivity contribution in [3.63, 3.8) is 0 Å². The van der Waals surface area contributed by atoms with Crippen molar-refractivity contribution < 1.29 is 4.79 Å². The molecule has 0 saturated carbocycles. The largest absolute Gasteiger partial charge is 0.326 e. The predicted molar refractivity (Wildman–Crippen MR) is 111 cm³/mol. The van der Waals surface area contributed by atoms with Crippen molar-refractivity contribution in [2.75, 3.05) is 5.32 Å². The summed E-state index contributed by atoms with van der Waals surface area (Å²) >= 11 is 1.55. The summed E-state index contributed by atoms with van der Waals surface area (Å²) in [6.45, 7) is 4.02. The van der Waals surface area contributed by atoms with E-state index in [-0.39, 0.29) is 5.91 Å². The molecule has 0 aliphatic heterocycles. The second-order valence-electron chi connectivity index (χ2n) is 6.53. The number of nitrogens with one attached hydrogen (secondary N) is 1. The number of aryl methyl sites for hydroxylation is 2. The van der Waals surface area contributed by atoms with Gasteiger partial charge in [0.05, 0.1) is 6.42 Å². The lowest BCUT2D eigenvalue weighted by atomic mass is 10.1. The van der Waals surface area contributed by atoms with E-state index >= 15 is 0 Å². The van der Waals surface area contributed by atoms with Gasteiger partial charge in [-0.25, -0.2) is 9.97 Å². The van der Waals surface area contributed by atoms with Crippen LogP contribution in [0.3, 0.4) is 0 Å². The number of thiazole rings is 1. The van der Waals surface area contributed by atoms with Gasteiger partial charge in [-0.05, 0) is 48.7 Å². The van der Waals surface area contributed by atoms with E-state index in [0.717, 1.165) is 43.3 Å². The zero-order chi connectivity index (χ0) is 18.8. The highest BCUT2D eigenvalue weighted by Gasteiger charge is 2.11. The van der Waals surface area contributed by atoms with E-state index in [9.17, 15) is 4.79 Å².